The van der Waals surface area contributed by atoms with Crippen LogP contribution in [0.5, 0.6) is 0 Å². The van der Waals surface area contributed by atoms with E-state index in [1.807, 2.05) is 19.1 Å². The Kier molecular flexibility index (Phi) is 5.62. The number of nitrogens with one attached hydrogen (secondary N) is 1. The van der Waals surface area contributed by atoms with E-state index >= 15 is 0 Å². The highest BCUT2D eigenvalue weighted by atomic mass is 19.1. The van der Waals surface area contributed by atoms with Gasteiger partial charge in [0, 0.05) is 12.0 Å². The van der Waals surface area contributed by atoms with Gasteiger partial charge in [-0.05, 0) is 81.8 Å². The van der Waals surface area contributed by atoms with Gasteiger partial charge in [0.25, 0.3) is 0 Å². The van der Waals surface area contributed by atoms with Gasteiger partial charge in [0.1, 0.15) is 17.3 Å². The summed E-state index contributed by atoms with van der Waals surface area (Å²) in [6.45, 7) is 6.54. The summed E-state index contributed by atoms with van der Waals surface area (Å²) in [5, 5.41) is 3.57. The first-order chi connectivity index (χ1) is 13.5. The highest BCUT2D eigenvalue weighted by Crippen LogP contribution is 2.50. The van der Waals surface area contributed by atoms with Crippen LogP contribution in [0.25, 0.3) is 0 Å². The summed E-state index contributed by atoms with van der Waals surface area (Å²) in [5.74, 6) is 1.82. The van der Waals surface area contributed by atoms with Crippen LogP contribution < -0.4 is 5.32 Å². The van der Waals surface area contributed by atoms with Crippen molar-refractivity contribution in [3.8, 4) is 0 Å². The molecule has 1 saturated carbocycles. The van der Waals surface area contributed by atoms with Crippen molar-refractivity contribution in [3.05, 3.63) is 58.8 Å². The lowest BCUT2D eigenvalue weighted by atomic mass is 9.66. The molecule has 2 aromatic rings. The van der Waals surface area contributed by atoms with Crippen LogP contribution in [0.1, 0.15) is 67.6 Å². The van der Waals surface area contributed by atoms with Gasteiger partial charge < -0.3 is 14.5 Å². The van der Waals surface area contributed by atoms with Gasteiger partial charge in [-0.3, -0.25) is 0 Å². The summed E-state index contributed by atoms with van der Waals surface area (Å²) in [6.07, 6.45) is 7.92. The fourth-order valence-corrected chi connectivity index (χ4v) is 5.24. The van der Waals surface area contributed by atoms with Crippen LogP contribution in [0.2, 0.25) is 0 Å². The summed E-state index contributed by atoms with van der Waals surface area (Å²) >= 11 is 0. The highest BCUT2D eigenvalue weighted by Gasteiger charge is 2.47. The highest BCUT2D eigenvalue weighted by molar-refractivity contribution is 5.28. The van der Waals surface area contributed by atoms with Crippen molar-refractivity contribution < 1.29 is 13.5 Å². The SMILES string of the molecule is Cc1cc(CNCC[C@@]2(c3ccc(F)cc3)CCOC3(CCCC3)C2)oc1C. The molecule has 0 bridgehead atoms. The number of rotatable bonds is 6. The van der Waals surface area contributed by atoms with Crippen molar-refractivity contribution in [2.75, 3.05) is 13.2 Å². The number of furan rings is 1. The normalized spacial score (nSPS) is 24.1. The van der Waals surface area contributed by atoms with E-state index < -0.39 is 0 Å². The van der Waals surface area contributed by atoms with Crippen LogP contribution in [0.15, 0.2) is 34.7 Å². The monoisotopic (exact) mass is 385 g/mol. The van der Waals surface area contributed by atoms with Crippen LogP contribution in [0.3, 0.4) is 0 Å². The Hall–Kier alpha value is -1.65. The third kappa shape index (κ3) is 4.04. The average Bonchev–Trinajstić information content (AvgIpc) is 3.26. The third-order valence-electron chi connectivity index (χ3n) is 6.92. The molecule has 1 aromatic carbocycles. The van der Waals surface area contributed by atoms with Crippen LogP contribution >= 0.6 is 0 Å². The topological polar surface area (TPSA) is 34.4 Å². The van der Waals surface area contributed by atoms with E-state index in [4.69, 9.17) is 9.15 Å². The summed E-state index contributed by atoms with van der Waals surface area (Å²) in [6, 6.07) is 9.30. The Balaban J connectivity index is 1.47. The average molecular weight is 386 g/mol. The number of ether oxygens (including phenoxy) is 1. The van der Waals surface area contributed by atoms with Gasteiger partial charge in [-0.25, -0.2) is 4.39 Å². The van der Waals surface area contributed by atoms with Gasteiger partial charge in [0.2, 0.25) is 0 Å². The molecule has 2 aliphatic rings. The zero-order valence-corrected chi connectivity index (χ0v) is 17.2. The number of hydrogen-bond acceptors (Lipinski definition) is 3. The van der Waals surface area contributed by atoms with E-state index in [9.17, 15) is 4.39 Å². The number of aryl methyl sites for hydroxylation is 2. The molecular weight excluding hydrogens is 353 g/mol. The van der Waals surface area contributed by atoms with E-state index in [0.717, 1.165) is 63.3 Å². The molecule has 1 atom stereocenters. The summed E-state index contributed by atoms with van der Waals surface area (Å²) < 4.78 is 25.6. The van der Waals surface area contributed by atoms with Crippen molar-refractivity contribution >= 4 is 0 Å². The fourth-order valence-electron chi connectivity index (χ4n) is 5.24. The Labute approximate surface area is 167 Å². The molecule has 1 N–H and O–H groups in total. The van der Waals surface area contributed by atoms with Crippen LogP contribution in [0, 0.1) is 19.7 Å². The predicted molar refractivity (Wildman–Crippen MR) is 109 cm³/mol. The van der Waals surface area contributed by atoms with Gasteiger partial charge in [-0.1, -0.05) is 25.0 Å². The van der Waals surface area contributed by atoms with Crippen LogP contribution in [-0.2, 0) is 16.7 Å². The van der Waals surface area contributed by atoms with E-state index in [2.05, 4.69) is 18.3 Å². The molecule has 3 nitrogen and oxygen atoms in total. The van der Waals surface area contributed by atoms with Gasteiger partial charge in [-0.15, -0.1) is 0 Å². The number of halogens is 1. The van der Waals surface area contributed by atoms with Crippen molar-refractivity contribution in [2.24, 2.45) is 0 Å². The molecule has 152 valence electrons. The minimum Gasteiger partial charge on any atom is -0.465 e. The van der Waals surface area contributed by atoms with E-state index in [1.165, 1.54) is 24.0 Å². The first-order valence-corrected chi connectivity index (χ1v) is 10.7. The maximum atomic E-state index is 13.6. The molecular formula is C24H32FNO2. The summed E-state index contributed by atoms with van der Waals surface area (Å²) in [4.78, 5) is 0. The Bertz CT molecular complexity index is 772. The minimum atomic E-state index is -0.164. The van der Waals surface area contributed by atoms with Crippen molar-refractivity contribution in [3.63, 3.8) is 0 Å². The van der Waals surface area contributed by atoms with Gasteiger partial charge >= 0.3 is 0 Å². The molecule has 28 heavy (non-hydrogen) atoms. The van der Waals surface area contributed by atoms with Crippen molar-refractivity contribution in [1.29, 1.82) is 0 Å². The quantitative estimate of drug-likeness (QED) is 0.660. The molecule has 0 radical (unpaired) electrons. The molecule has 4 rings (SSSR count). The molecule has 4 heteroatoms. The zero-order valence-electron chi connectivity index (χ0n) is 17.2. The van der Waals surface area contributed by atoms with Gasteiger partial charge in [0.05, 0.1) is 12.1 Å². The minimum absolute atomic E-state index is 0.0296. The first kappa shape index (κ1) is 19.7. The Morgan fingerprint density at radius 1 is 1.07 bits per heavy atom. The molecule has 0 amide bonds. The van der Waals surface area contributed by atoms with E-state index in [0.29, 0.717) is 0 Å². The summed E-state index contributed by atoms with van der Waals surface area (Å²) in [7, 11) is 0. The standard InChI is InChI=1S/C24H32FNO2/c1-18-15-22(28-19(18)2)16-26-13-11-23(20-5-7-21(25)8-6-20)12-14-27-24(17-23)9-3-4-10-24/h5-8,15,26H,3-4,9-14,16-17H2,1-2H3/t23-/m1/s1. The molecule has 1 aliphatic heterocycles. The summed E-state index contributed by atoms with van der Waals surface area (Å²) in [5.41, 5.74) is 2.54. The Morgan fingerprint density at radius 2 is 1.82 bits per heavy atom. The maximum Gasteiger partial charge on any atom is 0.123 e. The molecule has 1 aromatic heterocycles. The largest absolute Gasteiger partial charge is 0.465 e. The van der Waals surface area contributed by atoms with Crippen molar-refractivity contribution in [1.82, 2.24) is 5.32 Å². The first-order valence-electron chi connectivity index (χ1n) is 10.7. The molecule has 2 heterocycles. The lowest BCUT2D eigenvalue weighted by Gasteiger charge is -2.47. The third-order valence-corrected chi connectivity index (χ3v) is 6.92. The number of hydrogen-bond donors (Lipinski definition) is 1. The molecule has 1 saturated heterocycles. The van der Waals surface area contributed by atoms with Crippen LogP contribution in [-0.4, -0.2) is 18.8 Å². The second-order valence-corrected chi connectivity index (χ2v) is 8.83. The number of benzene rings is 1. The molecule has 1 spiro atoms. The Morgan fingerprint density at radius 3 is 2.50 bits per heavy atom. The molecule has 0 unspecified atom stereocenters. The van der Waals surface area contributed by atoms with E-state index in [1.54, 1.807) is 12.1 Å². The smallest absolute Gasteiger partial charge is 0.123 e. The predicted octanol–water partition coefficient (Wildman–Crippen LogP) is 5.58. The zero-order chi connectivity index (χ0) is 19.6. The lowest BCUT2D eigenvalue weighted by Crippen LogP contribution is -2.47. The second-order valence-electron chi connectivity index (χ2n) is 8.83. The lowest BCUT2D eigenvalue weighted by molar-refractivity contribution is -0.103. The van der Waals surface area contributed by atoms with Crippen LogP contribution in [0.4, 0.5) is 4.39 Å². The fraction of sp³-hybridized carbons (Fsp3) is 0.583. The van der Waals surface area contributed by atoms with E-state index in [-0.39, 0.29) is 16.8 Å². The molecule has 1 aliphatic carbocycles. The van der Waals surface area contributed by atoms with Crippen molar-refractivity contribution in [2.45, 2.75) is 76.4 Å². The molecule has 2 fully saturated rings. The van der Waals surface area contributed by atoms with Gasteiger partial charge in [-0.2, -0.15) is 0 Å². The maximum absolute atomic E-state index is 13.6. The van der Waals surface area contributed by atoms with Gasteiger partial charge in [0.15, 0.2) is 0 Å². The second kappa shape index (κ2) is 8.00.